The summed E-state index contributed by atoms with van der Waals surface area (Å²) in [7, 11) is 3.13. The second kappa shape index (κ2) is 4.37. The van der Waals surface area contributed by atoms with Gasteiger partial charge in [-0.05, 0) is 6.92 Å². The van der Waals surface area contributed by atoms with Gasteiger partial charge in [0, 0.05) is 14.1 Å². The number of hydrogen-bond acceptors (Lipinski definition) is 3. The highest BCUT2D eigenvalue weighted by Gasteiger charge is 2.18. The Bertz CT molecular complexity index is 362. The molecule has 0 aliphatic carbocycles. The van der Waals surface area contributed by atoms with Gasteiger partial charge in [-0.25, -0.2) is 8.78 Å². The smallest absolute Gasteiger partial charge is 0.255 e. The fraction of sp³-hybridized carbons (Fsp3) is 0.556. The molecule has 0 spiro atoms. The van der Waals surface area contributed by atoms with Crippen molar-refractivity contribution in [3.8, 4) is 0 Å². The molecule has 0 aromatic carbocycles. The molecule has 0 saturated carbocycles. The number of hydrogen-bond donors (Lipinski definition) is 0. The highest BCUT2D eigenvalue weighted by molar-refractivity contribution is 5.84. The molecule has 6 heteroatoms. The maximum atomic E-state index is 12.2. The SMILES string of the molecule is Cc1nn(C)c(N(C)CC(F)F)c1C=O. The van der Waals surface area contributed by atoms with Crippen LogP contribution in [0.5, 0.6) is 0 Å². The average Bonchev–Trinajstić information content (AvgIpc) is 2.38. The molecule has 15 heavy (non-hydrogen) atoms. The van der Waals surface area contributed by atoms with Gasteiger partial charge in [0.25, 0.3) is 6.43 Å². The number of alkyl halides is 2. The molecule has 1 rings (SSSR count). The van der Waals surface area contributed by atoms with Gasteiger partial charge < -0.3 is 4.90 Å². The molecule has 1 aromatic heterocycles. The molecule has 0 bridgehead atoms. The Morgan fingerprint density at radius 1 is 1.60 bits per heavy atom. The average molecular weight is 217 g/mol. The van der Waals surface area contributed by atoms with Gasteiger partial charge in [0.05, 0.1) is 17.8 Å². The molecule has 1 aromatic rings. The predicted molar refractivity (Wildman–Crippen MR) is 52.6 cm³/mol. The van der Waals surface area contributed by atoms with Gasteiger partial charge in [0.2, 0.25) is 0 Å². The van der Waals surface area contributed by atoms with Crippen LogP contribution in [-0.4, -0.2) is 36.1 Å². The predicted octanol–water partition coefficient (Wildman–Crippen LogP) is 1.24. The van der Waals surface area contributed by atoms with Crippen molar-refractivity contribution < 1.29 is 13.6 Å². The number of carbonyl (C=O) groups excluding carboxylic acids is 1. The van der Waals surface area contributed by atoms with Gasteiger partial charge in [-0.3, -0.25) is 9.48 Å². The van der Waals surface area contributed by atoms with Crippen LogP contribution in [-0.2, 0) is 7.05 Å². The maximum Gasteiger partial charge on any atom is 0.255 e. The van der Waals surface area contributed by atoms with E-state index in [1.54, 1.807) is 14.0 Å². The van der Waals surface area contributed by atoms with E-state index < -0.39 is 13.0 Å². The van der Waals surface area contributed by atoms with Crippen molar-refractivity contribution in [1.29, 1.82) is 0 Å². The summed E-state index contributed by atoms with van der Waals surface area (Å²) in [5.41, 5.74) is 0.907. The van der Waals surface area contributed by atoms with Crippen LogP contribution in [0, 0.1) is 6.92 Å². The summed E-state index contributed by atoms with van der Waals surface area (Å²) in [6.45, 7) is 1.25. The molecule has 0 N–H and O–H groups in total. The topological polar surface area (TPSA) is 38.1 Å². The van der Waals surface area contributed by atoms with Gasteiger partial charge in [-0.15, -0.1) is 0 Å². The highest BCUT2D eigenvalue weighted by atomic mass is 19.3. The van der Waals surface area contributed by atoms with Crippen molar-refractivity contribution in [2.45, 2.75) is 13.3 Å². The van der Waals surface area contributed by atoms with Crippen LogP contribution in [0.2, 0.25) is 0 Å². The third-order valence-electron chi connectivity index (χ3n) is 2.13. The molecule has 4 nitrogen and oxygen atoms in total. The van der Waals surface area contributed by atoms with Crippen LogP contribution >= 0.6 is 0 Å². The minimum absolute atomic E-state index is 0.362. The summed E-state index contributed by atoms with van der Waals surface area (Å²) in [6.07, 6.45) is -1.80. The normalized spacial score (nSPS) is 10.8. The van der Waals surface area contributed by atoms with E-state index in [4.69, 9.17) is 0 Å². The van der Waals surface area contributed by atoms with Crippen LogP contribution in [0.4, 0.5) is 14.6 Å². The molecule has 84 valence electrons. The van der Waals surface area contributed by atoms with Gasteiger partial charge in [0.1, 0.15) is 5.82 Å². The first-order valence-electron chi connectivity index (χ1n) is 4.45. The second-order valence-corrected chi connectivity index (χ2v) is 3.34. The van der Waals surface area contributed by atoms with E-state index in [2.05, 4.69) is 5.10 Å². The molecule has 0 fully saturated rings. The van der Waals surface area contributed by atoms with E-state index >= 15 is 0 Å². The van der Waals surface area contributed by atoms with Crippen molar-refractivity contribution in [2.75, 3.05) is 18.5 Å². The quantitative estimate of drug-likeness (QED) is 0.712. The fourth-order valence-corrected chi connectivity index (χ4v) is 1.55. The van der Waals surface area contributed by atoms with Crippen LogP contribution in [0.15, 0.2) is 0 Å². The lowest BCUT2D eigenvalue weighted by atomic mass is 10.2. The summed E-state index contributed by atoms with van der Waals surface area (Å²) < 4.78 is 25.8. The number of aldehydes is 1. The zero-order valence-corrected chi connectivity index (χ0v) is 8.87. The Hall–Kier alpha value is -1.46. The van der Waals surface area contributed by atoms with Crippen molar-refractivity contribution in [3.63, 3.8) is 0 Å². The first-order valence-corrected chi connectivity index (χ1v) is 4.45. The van der Waals surface area contributed by atoms with E-state index in [0.29, 0.717) is 23.4 Å². The number of halogens is 2. The Labute approximate surface area is 86.5 Å². The summed E-state index contributed by atoms with van der Waals surface area (Å²) in [5, 5.41) is 4.01. The summed E-state index contributed by atoms with van der Waals surface area (Å²) >= 11 is 0. The molecule has 1 heterocycles. The first kappa shape index (κ1) is 11.6. The van der Waals surface area contributed by atoms with E-state index in [-0.39, 0.29) is 0 Å². The lowest BCUT2D eigenvalue weighted by Gasteiger charge is -2.19. The maximum absolute atomic E-state index is 12.2. The molecule has 0 radical (unpaired) electrons. The lowest BCUT2D eigenvalue weighted by Crippen LogP contribution is -2.26. The molecule has 0 atom stereocenters. The minimum Gasteiger partial charge on any atom is -0.354 e. The number of nitrogens with zero attached hydrogens (tertiary/aromatic N) is 3. The number of carbonyl (C=O) groups is 1. The van der Waals surface area contributed by atoms with Crippen LogP contribution in [0.1, 0.15) is 16.1 Å². The Morgan fingerprint density at radius 2 is 2.20 bits per heavy atom. The molecular weight excluding hydrogens is 204 g/mol. The standard InChI is InChI=1S/C9H13F2N3O/c1-6-7(5-15)9(14(3)12-6)13(2)4-8(10)11/h5,8H,4H2,1-3H3. The van der Waals surface area contributed by atoms with Crippen molar-refractivity contribution in [1.82, 2.24) is 9.78 Å². The number of aromatic nitrogens is 2. The summed E-state index contributed by atoms with van der Waals surface area (Å²) in [4.78, 5) is 12.1. The van der Waals surface area contributed by atoms with E-state index in [9.17, 15) is 13.6 Å². The molecule has 0 amide bonds. The Morgan fingerprint density at radius 3 is 2.67 bits per heavy atom. The van der Waals surface area contributed by atoms with Crippen molar-refractivity contribution in [3.05, 3.63) is 11.3 Å². The Balaban J connectivity index is 3.06. The van der Waals surface area contributed by atoms with Crippen LogP contribution < -0.4 is 4.90 Å². The molecular formula is C9H13F2N3O. The monoisotopic (exact) mass is 217 g/mol. The second-order valence-electron chi connectivity index (χ2n) is 3.34. The van der Waals surface area contributed by atoms with Crippen LogP contribution in [0.25, 0.3) is 0 Å². The molecule has 0 aliphatic rings. The van der Waals surface area contributed by atoms with E-state index in [0.717, 1.165) is 0 Å². The zero-order valence-electron chi connectivity index (χ0n) is 8.87. The van der Waals surface area contributed by atoms with Gasteiger partial charge in [0.15, 0.2) is 6.29 Å². The first-order chi connectivity index (χ1) is 6.97. The Kier molecular flexibility index (Phi) is 3.39. The molecule has 0 unspecified atom stereocenters. The van der Waals surface area contributed by atoms with Crippen molar-refractivity contribution in [2.24, 2.45) is 7.05 Å². The fourth-order valence-electron chi connectivity index (χ4n) is 1.55. The summed E-state index contributed by atoms with van der Waals surface area (Å²) in [6, 6.07) is 0. The van der Waals surface area contributed by atoms with E-state index in [1.165, 1.54) is 16.6 Å². The van der Waals surface area contributed by atoms with Gasteiger partial charge >= 0.3 is 0 Å². The third kappa shape index (κ3) is 2.31. The van der Waals surface area contributed by atoms with Crippen LogP contribution in [0.3, 0.4) is 0 Å². The largest absolute Gasteiger partial charge is 0.354 e. The van der Waals surface area contributed by atoms with Gasteiger partial charge in [-0.1, -0.05) is 0 Å². The lowest BCUT2D eigenvalue weighted by molar-refractivity contribution is 0.112. The number of anilines is 1. The zero-order chi connectivity index (χ0) is 11.6. The minimum atomic E-state index is -2.44. The number of aryl methyl sites for hydroxylation is 2. The highest BCUT2D eigenvalue weighted by Crippen LogP contribution is 2.20. The molecule has 0 aliphatic heterocycles. The summed E-state index contributed by atoms with van der Waals surface area (Å²) in [5.74, 6) is 0.419. The number of rotatable bonds is 4. The van der Waals surface area contributed by atoms with Crippen molar-refractivity contribution >= 4 is 12.1 Å². The third-order valence-corrected chi connectivity index (χ3v) is 2.13. The molecule has 0 saturated heterocycles. The van der Waals surface area contributed by atoms with E-state index in [1.807, 2.05) is 0 Å². The van der Waals surface area contributed by atoms with Gasteiger partial charge in [-0.2, -0.15) is 5.10 Å².